The second-order valence-corrected chi connectivity index (χ2v) is 6.76. The summed E-state index contributed by atoms with van der Waals surface area (Å²) < 4.78 is 18.5. The Kier molecular flexibility index (Phi) is 6.23. The third-order valence-corrected chi connectivity index (χ3v) is 4.68. The fourth-order valence-electron chi connectivity index (χ4n) is 3.17. The second-order valence-electron chi connectivity index (χ2n) is 6.76. The van der Waals surface area contributed by atoms with E-state index in [-0.39, 0.29) is 17.8 Å². The fraction of sp³-hybridized carbons (Fsp3) is 0.381. The smallest absolute Gasteiger partial charge is 0.260 e. The van der Waals surface area contributed by atoms with E-state index in [9.17, 15) is 9.18 Å². The molecular formula is C21H25FN2O2. The summed E-state index contributed by atoms with van der Waals surface area (Å²) in [5, 5.41) is 3.07. The molecule has 1 heterocycles. The zero-order chi connectivity index (χ0) is 18.4. The molecule has 2 aromatic carbocycles. The zero-order valence-corrected chi connectivity index (χ0v) is 15.0. The third kappa shape index (κ3) is 5.30. The number of carbonyl (C=O) groups excluding carboxylic acids is 1. The first-order chi connectivity index (χ1) is 12.6. The number of halogens is 1. The number of amides is 1. The molecule has 138 valence electrons. The minimum atomic E-state index is -0.609. The highest BCUT2D eigenvalue weighted by atomic mass is 19.1. The quantitative estimate of drug-likeness (QED) is 0.863. The number of benzene rings is 2. The number of nitrogens with zero attached hydrogens (tertiary/aromatic N) is 1. The van der Waals surface area contributed by atoms with Gasteiger partial charge in [-0.05, 0) is 49.6 Å². The van der Waals surface area contributed by atoms with Crippen LogP contribution in [0.15, 0.2) is 54.6 Å². The van der Waals surface area contributed by atoms with E-state index in [1.165, 1.54) is 29.8 Å². The lowest BCUT2D eigenvalue weighted by Crippen LogP contribution is -2.47. The van der Waals surface area contributed by atoms with Gasteiger partial charge >= 0.3 is 0 Å². The standard InChI is InChI=1S/C21H25FN2O2/c1-16(26-20-9-7-18(22)8-10-20)21(25)23-19-11-13-24(14-12-19)15-17-5-3-2-4-6-17/h2-10,16,19H,11-15H2,1H3,(H,23,25)/t16-/m0/s1. The van der Waals surface area contributed by atoms with Crippen LogP contribution in [0.2, 0.25) is 0 Å². The van der Waals surface area contributed by atoms with Gasteiger partial charge in [0.15, 0.2) is 6.10 Å². The Balaban J connectivity index is 1.42. The van der Waals surface area contributed by atoms with Gasteiger partial charge in [0.25, 0.3) is 5.91 Å². The molecule has 0 saturated carbocycles. The predicted molar refractivity (Wildman–Crippen MR) is 99.4 cm³/mol. The minimum Gasteiger partial charge on any atom is -0.481 e. The third-order valence-electron chi connectivity index (χ3n) is 4.68. The van der Waals surface area contributed by atoms with E-state index in [0.717, 1.165) is 32.5 Å². The molecule has 1 fully saturated rings. The van der Waals surface area contributed by atoms with Gasteiger partial charge in [-0.3, -0.25) is 9.69 Å². The number of nitrogens with one attached hydrogen (secondary N) is 1. The molecule has 4 nitrogen and oxygen atoms in total. The van der Waals surface area contributed by atoms with E-state index in [1.54, 1.807) is 6.92 Å². The van der Waals surface area contributed by atoms with Crippen LogP contribution in [0.25, 0.3) is 0 Å². The molecule has 1 saturated heterocycles. The molecule has 2 aromatic rings. The van der Waals surface area contributed by atoms with Gasteiger partial charge in [-0.15, -0.1) is 0 Å². The predicted octanol–water partition coefficient (Wildman–Crippen LogP) is 3.37. The van der Waals surface area contributed by atoms with Crippen molar-refractivity contribution in [1.82, 2.24) is 10.2 Å². The largest absolute Gasteiger partial charge is 0.481 e. The molecule has 0 radical (unpaired) electrons. The summed E-state index contributed by atoms with van der Waals surface area (Å²) in [6, 6.07) is 16.3. The molecule has 0 aromatic heterocycles. The molecule has 1 atom stereocenters. The van der Waals surface area contributed by atoms with E-state index in [2.05, 4.69) is 34.5 Å². The summed E-state index contributed by atoms with van der Waals surface area (Å²) >= 11 is 0. The summed E-state index contributed by atoms with van der Waals surface area (Å²) in [7, 11) is 0. The number of carbonyl (C=O) groups is 1. The lowest BCUT2D eigenvalue weighted by Gasteiger charge is -2.32. The molecule has 0 bridgehead atoms. The molecule has 26 heavy (non-hydrogen) atoms. The van der Waals surface area contributed by atoms with Crippen molar-refractivity contribution < 1.29 is 13.9 Å². The SMILES string of the molecule is C[C@H](Oc1ccc(F)cc1)C(=O)NC1CCN(Cc2ccccc2)CC1. The van der Waals surface area contributed by atoms with Gasteiger partial charge < -0.3 is 10.1 Å². The number of ether oxygens (including phenoxy) is 1. The van der Waals surface area contributed by atoms with Gasteiger partial charge in [-0.25, -0.2) is 4.39 Å². The maximum absolute atomic E-state index is 12.9. The van der Waals surface area contributed by atoms with Crippen LogP contribution < -0.4 is 10.1 Å². The van der Waals surface area contributed by atoms with Crippen molar-refractivity contribution in [2.45, 2.75) is 38.5 Å². The molecular weight excluding hydrogens is 331 g/mol. The van der Waals surface area contributed by atoms with Crippen LogP contribution in [0.3, 0.4) is 0 Å². The average Bonchev–Trinajstić information content (AvgIpc) is 2.66. The van der Waals surface area contributed by atoms with Crippen molar-refractivity contribution in [3.63, 3.8) is 0 Å². The number of piperidine rings is 1. The molecule has 1 aliphatic rings. The van der Waals surface area contributed by atoms with Gasteiger partial charge in [0.1, 0.15) is 11.6 Å². The van der Waals surface area contributed by atoms with Crippen molar-refractivity contribution in [1.29, 1.82) is 0 Å². The Bertz CT molecular complexity index is 698. The van der Waals surface area contributed by atoms with Crippen molar-refractivity contribution in [3.05, 3.63) is 66.0 Å². The number of hydrogen-bond donors (Lipinski definition) is 1. The summed E-state index contributed by atoms with van der Waals surface area (Å²) in [5.41, 5.74) is 1.32. The van der Waals surface area contributed by atoms with Crippen LogP contribution in [-0.4, -0.2) is 36.0 Å². The highest BCUT2D eigenvalue weighted by molar-refractivity contribution is 5.81. The molecule has 5 heteroatoms. The Labute approximate surface area is 154 Å². The topological polar surface area (TPSA) is 41.6 Å². The summed E-state index contributed by atoms with van der Waals surface area (Å²) in [6.07, 6.45) is 1.26. The van der Waals surface area contributed by atoms with E-state index in [4.69, 9.17) is 4.74 Å². The lowest BCUT2D eigenvalue weighted by atomic mass is 10.0. The number of likely N-dealkylation sites (tertiary alicyclic amines) is 1. The van der Waals surface area contributed by atoms with Crippen molar-refractivity contribution in [2.24, 2.45) is 0 Å². The minimum absolute atomic E-state index is 0.129. The van der Waals surface area contributed by atoms with Crippen molar-refractivity contribution in [3.8, 4) is 5.75 Å². The first kappa shape index (κ1) is 18.4. The molecule has 0 aliphatic carbocycles. The Morgan fingerprint density at radius 2 is 1.81 bits per heavy atom. The monoisotopic (exact) mass is 356 g/mol. The molecule has 1 aliphatic heterocycles. The normalized spacial score (nSPS) is 16.8. The maximum Gasteiger partial charge on any atom is 0.260 e. The molecule has 0 unspecified atom stereocenters. The summed E-state index contributed by atoms with van der Waals surface area (Å²) in [4.78, 5) is 14.7. The molecule has 3 rings (SSSR count). The highest BCUT2D eigenvalue weighted by Gasteiger charge is 2.23. The Hall–Kier alpha value is -2.40. The van der Waals surface area contributed by atoms with Crippen LogP contribution >= 0.6 is 0 Å². The first-order valence-electron chi connectivity index (χ1n) is 9.09. The Morgan fingerprint density at radius 3 is 2.46 bits per heavy atom. The second kappa shape index (κ2) is 8.81. The van der Waals surface area contributed by atoms with Crippen molar-refractivity contribution >= 4 is 5.91 Å². The zero-order valence-electron chi connectivity index (χ0n) is 15.0. The molecule has 1 N–H and O–H groups in total. The summed E-state index contributed by atoms with van der Waals surface area (Å²) in [6.45, 7) is 4.59. The maximum atomic E-state index is 12.9. The lowest BCUT2D eigenvalue weighted by molar-refractivity contribution is -0.128. The summed E-state index contributed by atoms with van der Waals surface area (Å²) in [5.74, 6) is 0.0410. The highest BCUT2D eigenvalue weighted by Crippen LogP contribution is 2.16. The van der Waals surface area contributed by atoms with Crippen LogP contribution in [0, 0.1) is 5.82 Å². The van der Waals surface area contributed by atoms with Crippen molar-refractivity contribution in [2.75, 3.05) is 13.1 Å². The van der Waals surface area contributed by atoms with Gasteiger partial charge in [0.2, 0.25) is 0 Å². The van der Waals surface area contributed by atoms with E-state index in [1.807, 2.05) is 6.07 Å². The van der Waals surface area contributed by atoms with Crippen LogP contribution in [0.5, 0.6) is 5.75 Å². The fourth-order valence-corrected chi connectivity index (χ4v) is 3.17. The van der Waals surface area contributed by atoms with E-state index in [0.29, 0.717) is 5.75 Å². The van der Waals surface area contributed by atoms with Gasteiger partial charge in [-0.2, -0.15) is 0 Å². The number of hydrogen-bond acceptors (Lipinski definition) is 3. The molecule has 0 spiro atoms. The number of rotatable bonds is 6. The van der Waals surface area contributed by atoms with Gasteiger partial charge in [0, 0.05) is 25.7 Å². The van der Waals surface area contributed by atoms with Crippen LogP contribution in [-0.2, 0) is 11.3 Å². The average molecular weight is 356 g/mol. The molecule has 1 amide bonds. The Morgan fingerprint density at radius 1 is 1.15 bits per heavy atom. The van der Waals surface area contributed by atoms with Gasteiger partial charge in [-0.1, -0.05) is 30.3 Å². The van der Waals surface area contributed by atoms with Crippen LogP contribution in [0.4, 0.5) is 4.39 Å². The van der Waals surface area contributed by atoms with E-state index < -0.39 is 6.10 Å². The first-order valence-corrected chi connectivity index (χ1v) is 9.09. The van der Waals surface area contributed by atoms with E-state index >= 15 is 0 Å². The van der Waals surface area contributed by atoms with Crippen LogP contribution in [0.1, 0.15) is 25.3 Å². The van der Waals surface area contributed by atoms with Gasteiger partial charge in [0.05, 0.1) is 0 Å².